The zero-order chi connectivity index (χ0) is 37.5. The van der Waals surface area contributed by atoms with Crippen LogP contribution in [0.5, 0.6) is 0 Å². The molecule has 0 spiro atoms. The summed E-state index contributed by atoms with van der Waals surface area (Å²) in [5.74, 6) is 1.31. The van der Waals surface area contributed by atoms with Crippen molar-refractivity contribution < 1.29 is 28.7 Å². The lowest BCUT2D eigenvalue weighted by molar-refractivity contribution is -0.135. The molecule has 15 nitrogen and oxygen atoms in total. The van der Waals surface area contributed by atoms with Gasteiger partial charge in [-0.1, -0.05) is 18.2 Å². The molecule has 280 valence electrons. The number of nitrogens with zero attached hydrogens (tertiary/aromatic N) is 5. The van der Waals surface area contributed by atoms with Gasteiger partial charge in [-0.05, 0) is 81.0 Å². The molecule has 0 radical (unpaired) electrons. The van der Waals surface area contributed by atoms with Crippen LogP contribution in [0.2, 0.25) is 0 Å². The molecule has 0 bridgehead atoms. The van der Waals surface area contributed by atoms with Crippen LogP contribution >= 0.6 is 0 Å². The Hall–Kier alpha value is -5.99. The van der Waals surface area contributed by atoms with Gasteiger partial charge in [0.1, 0.15) is 23.7 Å². The Morgan fingerprint density at radius 3 is 2.20 bits per heavy atom. The number of benzene rings is 2. The summed E-state index contributed by atoms with van der Waals surface area (Å²) in [6, 6.07) is 12.5. The van der Waals surface area contributed by atoms with E-state index >= 15 is 0 Å². The number of H-pyrrole nitrogens is 2. The first-order valence-electron chi connectivity index (χ1n) is 18.5. The van der Waals surface area contributed by atoms with E-state index in [-0.39, 0.29) is 29.8 Å². The number of ether oxygens (including phenoxy) is 2. The van der Waals surface area contributed by atoms with Crippen LogP contribution in [0.15, 0.2) is 54.9 Å². The van der Waals surface area contributed by atoms with Crippen molar-refractivity contribution in [3.63, 3.8) is 0 Å². The van der Waals surface area contributed by atoms with Crippen molar-refractivity contribution in [2.45, 2.75) is 69.6 Å². The minimum Gasteiger partial charge on any atom is -0.453 e. The Kier molecular flexibility index (Phi) is 9.38. The summed E-state index contributed by atoms with van der Waals surface area (Å²) in [5.41, 5.74) is 5.20. The van der Waals surface area contributed by atoms with Crippen LogP contribution in [-0.4, -0.2) is 98.1 Å². The standard InChI is InChI=1S/C39H43N9O6/c1-21(42-38(51)53-2)36(49)47-14-4-6-31(47)34-41-20-30(45-34)24-11-10-23-17-28(40-19-26(23)16-24)25-12-13-27-29(18-25)44-35(43-27)32-7-5-15-48(32)37(50)33(22-8-9-22)46-39(52)54-3/h10-13,16-22,31-33H,4-9,14-15H2,1-3H3,(H,41,45)(H,42,51)(H,43,44)(H,46,52). The molecule has 4 amide bonds. The molecule has 1 saturated carbocycles. The molecule has 1 aliphatic carbocycles. The number of likely N-dealkylation sites (tertiary alicyclic amines) is 2. The van der Waals surface area contributed by atoms with Gasteiger partial charge >= 0.3 is 12.2 Å². The monoisotopic (exact) mass is 733 g/mol. The molecule has 2 aromatic carbocycles. The minimum absolute atomic E-state index is 0.0866. The number of aromatic amines is 2. The number of carbonyl (C=O) groups is 4. The summed E-state index contributed by atoms with van der Waals surface area (Å²) in [5, 5.41) is 7.31. The summed E-state index contributed by atoms with van der Waals surface area (Å²) in [7, 11) is 2.58. The third-order valence-electron chi connectivity index (χ3n) is 10.8. The fourth-order valence-corrected chi connectivity index (χ4v) is 7.82. The molecule has 3 fully saturated rings. The molecular formula is C39H43N9O6. The first-order chi connectivity index (χ1) is 26.2. The lowest BCUT2D eigenvalue weighted by atomic mass is 10.0. The zero-order valence-electron chi connectivity index (χ0n) is 30.4. The highest BCUT2D eigenvalue weighted by molar-refractivity contribution is 5.91. The van der Waals surface area contributed by atoms with Gasteiger partial charge in [0.25, 0.3) is 0 Å². The maximum absolute atomic E-state index is 13.6. The molecule has 15 heteroatoms. The van der Waals surface area contributed by atoms with E-state index in [0.717, 1.165) is 88.7 Å². The fourth-order valence-electron chi connectivity index (χ4n) is 7.82. The summed E-state index contributed by atoms with van der Waals surface area (Å²) < 4.78 is 9.44. The van der Waals surface area contributed by atoms with Gasteiger partial charge in [-0.3, -0.25) is 14.6 Å². The van der Waals surface area contributed by atoms with E-state index in [2.05, 4.69) is 48.5 Å². The molecule has 3 aliphatic rings. The minimum atomic E-state index is -0.715. The van der Waals surface area contributed by atoms with Crippen molar-refractivity contribution in [1.82, 2.24) is 45.4 Å². The van der Waals surface area contributed by atoms with Crippen molar-refractivity contribution in [3.05, 3.63) is 66.5 Å². The SMILES string of the molecule is COC(=O)NC(C)C(=O)N1CCCC1c1ncc(-c2ccc3cc(-c4ccc5nc(C6CCCN6C(=O)C(NC(=O)OC)C6CC6)[nH]c5c4)ncc3c2)[nH]1. The summed E-state index contributed by atoms with van der Waals surface area (Å²) in [6.07, 6.45) is 7.49. The highest BCUT2D eigenvalue weighted by Gasteiger charge is 2.43. The van der Waals surface area contributed by atoms with E-state index in [1.54, 1.807) is 18.0 Å². The highest BCUT2D eigenvalue weighted by Crippen LogP contribution is 2.38. The number of rotatable bonds is 9. The van der Waals surface area contributed by atoms with Gasteiger partial charge in [0.05, 0.1) is 54.9 Å². The number of hydrogen-bond donors (Lipinski definition) is 4. The van der Waals surface area contributed by atoms with E-state index in [9.17, 15) is 19.2 Å². The normalized spacial score (nSPS) is 19.5. The Morgan fingerprint density at radius 1 is 0.759 bits per heavy atom. The second-order valence-electron chi connectivity index (χ2n) is 14.4. The van der Waals surface area contributed by atoms with Crippen molar-refractivity contribution in [2.75, 3.05) is 27.3 Å². The van der Waals surface area contributed by atoms with E-state index in [1.165, 1.54) is 14.2 Å². The van der Waals surface area contributed by atoms with Gasteiger partial charge < -0.3 is 39.9 Å². The Labute approximate surface area is 311 Å². The first kappa shape index (κ1) is 35.1. The predicted molar refractivity (Wildman–Crippen MR) is 199 cm³/mol. The van der Waals surface area contributed by atoms with E-state index < -0.39 is 24.3 Å². The van der Waals surface area contributed by atoms with Crippen molar-refractivity contribution in [2.24, 2.45) is 5.92 Å². The Balaban J connectivity index is 0.978. The zero-order valence-corrected chi connectivity index (χ0v) is 30.4. The van der Waals surface area contributed by atoms with E-state index in [1.807, 2.05) is 35.4 Å². The molecular weight excluding hydrogens is 690 g/mol. The number of pyridine rings is 1. The van der Waals surface area contributed by atoms with E-state index in [4.69, 9.17) is 14.7 Å². The van der Waals surface area contributed by atoms with Gasteiger partial charge in [0.15, 0.2) is 0 Å². The van der Waals surface area contributed by atoms with Gasteiger partial charge in [-0.2, -0.15) is 0 Å². The largest absolute Gasteiger partial charge is 0.453 e. The number of fused-ring (bicyclic) bond motifs is 2. The molecule has 8 rings (SSSR count). The third kappa shape index (κ3) is 6.81. The first-order valence-corrected chi connectivity index (χ1v) is 18.5. The average Bonchev–Trinajstić information content (AvgIpc) is 3.62. The molecule has 2 aliphatic heterocycles. The number of amides is 4. The van der Waals surface area contributed by atoms with Gasteiger partial charge in [-0.25, -0.2) is 19.6 Å². The fraction of sp³-hybridized carbons (Fsp3) is 0.410. The number of methoxy groups -OCH3 is 2. The molecule has 2 saturated heterocycles. The summed E-state index contributed by atoms with van der Waals surface area (Å²) in [6.45, 7) is 2.85. The average molecular weight is 734 g/mol. The summed E-state index contributed by atoms with van der Waals surface area (Å²) >= 11 is 0. The van der Waals surface area contributed by atoms with Crippen LogP contribution in [0, 0.1) is 5.92 Å². The number of hydrogen-bond acceptors (Lipinski definition) is 9. The number of alkyl carbamates (subject to hydrolysis) is 2. The lowest BCUT2D eigenvalue weighted by Gasteiger charge is -2.28. The lowest BCUT2D eigenvalue weighted by Crippen LogP contribution is -2.49. The van der Waals surface area contributed by atoms with Crippen LogP contribution in [-0.2, 0) is 19.1 Å². The van der Waals surface area contributed by atoms with Gasteiger partial charge in [0, 0.05) is 35.8 Å². The quantitative estimate of drug-likeness (QED) is 0.154. The molecule has 4 N–H and O–H groups in total. The second-order valence-corrected chi connectivity index (χ2v) is 14.4. The topological polar surface area (TPSA) is 188 Å². The maximum atomic E-state index is 13.6. The number of nitrogens with one attached hydrogen (secondary N) is 4. The van der Waals surface area contributed by atoms with Crippen LogP contribution < -0.4 is 10.6 Å². The van der Waals surface area contributed by atoms with Crippen LogP contribution in [0.4, 0.5) is 9.59 Å². The van der Waals surface area contributed by atoms with Crippen molar-refractivity contribution in [1.29, 1.82) is 0 Å². The molecule has 5 heterocycles. The molecule has 4 atom stereocenters. The Bertz CT molecular complexity index is 2250. The smallest absolute Gasteiger partial charge is 0.407 e. The predicted octanol–water partition coefficient (Wildman–Crippen LogP) is 5.37. The maximum Gasteiger partial charge on any atom is 0.407 e. The second kappa shape index (κ2) is 14.4. The number of aromatic nitrogens is 5. The van der Waals surface area contributed by atoms with Gasteiger partial charge in [-0.15, -0.1) is 0 Å². The molecule has 3 aromatic heterocycles. The van der Waals surface area contributed by atoms with Crippen molar-refractivity contribution in [3.8, 4) is 22.5 Å². The van der Waals surface area contributed by atoms with Gasteiger partial charge in [0.2, 0.25) is 11.8 Å². The van der Waals surface area contributed by atoms with E-state index in [0.29, 0.717) is 18.9 Å². The van der Waals surface area contributed by atoms with Crippen molar-refractivity contribution >= 4 is 45.8 Å². The molecule has 5 aromatic rings. The van der Waals surface area contributed by atoms with Crippen LogP contribution in [0.25, 0.3) is 44.3 Å². The van der Waals surface area contributed by atoms with Crippen LogP contribution in [0.1, 0.15) is 69.2 Å². The summed E-state index contributed by atoms with van der Waals surface area (Å²) in [4.78, 5) is 75.3. The third-order valence-corrected chi connectivity index (χ3v) is 10.8. The number of carbonyl (C=O) groups excluding carboxylic acids is 4. The van der Waals surface area contributed by atoms with Crippen LogP contribution in [0.3, 0.4) is 0 Å². The molecule has 4 unspecified atom stereocenters. The highest BCUT2D eigenvalue weighted by atomic mass is 16.5. The molecule has 54 heavy (non-hydrogen) atoms. The number of imidazole rings is 2. The Morgan fingerprint density at radius 2 is 1.46 bits per heavy atom.